The third kappa shape index (κ3) is 4.16. The fourth-order valence-electron chi connectivity index (χ4n) is 3.51. The second-order valence-electron chi connectivity index (χ2n) is 7.78. The maximum absolute atomic E-state index is 13.4. The van der Waals surface area contributed by atoms with Crippen molar-refractivity contribution in [1.82, 2.24) is 19.6 Å². The number of nitrogens with zero attached hydrogens (tertiary/aromatic N) is 4. The summed E-state index contributed by atoms with van der Waals surface area (Å²) in [6.45, 7) is 0. The van der Waals surface area contributed by atoms with Gasteiger partial charge in [-0.05, 0) is 49.2 Å². The Kier molecular flexibility index (Phi) is 5.09. The van der Waals surface area contributed by atoms with Crippen molar-refractivity contribution in [3.63, 3.8) is 0 Å². The van der Waals surface area contributed by atoms with Crippen LogP contribution in [-0.2, 0) is 17.1 Å². The average Bonchev–Trinajstić information content (AvgIpc) is 3.37. The molecule has 2 heterocycles. The molecule has 1 amide bonds. The number of hydrogen-bond donors (Lipinski definition) is 2. The van der Waals surface area contributed by atoms with Crippen LogP contribution in [0.15, 0.2) is 53.7 Å². The van der Waals surface area contributed by atoms with Crippen LogP contribution in [0.2, 0.25) is 5.02 Å². The first-order valence-corrected chi connectivity index (χ1v) is 11.9. The van der Waals surface area contributed by atoms with Crippen molar-refractivity contribution >= 4 is 49.8 Å². The molecule has 33 heavy (non-hydrogen) atoms. The highest BCUT2D eigenvalue weighted by atomic mass is 35.5. The number of hydrogen-bond acceptors (Lipinski definition) is 5. The third-order valence-electron chi connectivity index (χ3n) is 5.29. The number of sulfonamides is 1. The number of fused-ring (bicyclic) bond motifs is 1. The minimum atomic E-state index is -3.83. The first-order valence-electron chi connectivity index (χ1n) is 10.0. The monoisotopic (exact) mass is 488 g/mol. The summed E-state index contributed by atoms with van der Waals surface area (Å²) < 4.78 is 44.4. The van der Waals surface area contributed by atoms with Gasteiger partial charge in [0.15, 0.2) is 0 Å². The number of anilines is 2. The number of carbonyl (C=O) groups excluding carboxylic acids is 1. The van der Waals surface area contributed by atoms with Crippen LogP contribution in [0.4, 0.5) is 15.8 Å². The molecule has 0 bridgehead atoms. The van der Waals surface area contributed by atoms with Crippen LogP contribution in [-0.4, -0.2) is 33.9 Å². The SMILES string of the molecule is Cn1nc2cc(NS(=O)(=O)c3cnn(C4CC4)c3)ccc2c1C(=O)Nc1ccc(F)c(Cl)c1. The van der Waals surface area contributed by atoms with Crippen LogP contribution >= 0.6 is 11.6 Å². The average molecular weight is 489 g/mol. The van der Waals surface area contributed by atoms with E-state index in [4.69, 9.17) is 11.6 Å². The van der Waals surface area contributed by atoms with E-state index in [0.29, 0.717) is 22.3 Å². The molecule has 0 saturated heterocycles. The van der Waals surface area contributed by atoms with Gasteiger partial charge in [-0.1, -0.05) is 11.6 Å². The second kappa shape index (κ2) is 7.85. The van der Waals surface area contributed by atoms with Gasteiger partial charge in [0.1, 0.15) is 16.4 Å². The molecule has 5 rings (SSSR count). The van der Waals surface area contributed by atoms with E-state index in [1.165, 1.54) is 29.2 Å². The van der Waals surface area contributed by atoms with E-state index in [9.17, 15) is 17.6 Å². The van der Waals surface area contributed by atoms with E-state index in [-0.39, 0.29) is 21.7 Å². The molecule has 4 aromatic rings. The van der Waals surface area contributed by atoms with Crippen molar-refractivity contribution in [2.45, 2.75) is 23.8 Å². The Morgan fingerprint density at radius 1 is 1.18 bits per heavy atom. The summed E-state index contributed by atoms with van der Waals surface area (Å²) in [6, 6.07) is 8.85. The van der Waals surface area contributed by atoms with Gasteiger partial charge in [-0.3, -0.25) is 18.9 Å². The predicted octanol–water partition coefficient (Wildman–Crippen LogP) is 3.95. The number of nitrogens with one attached hydrogen (secondary N) is 2. The number of aromatic nitrogens is 4. The maximum Gasteiger partial charge on any atom is 0.274 e. The Bertz CT molecular complexity index is 1510. The Balaban J connectivity index is 1.39. The lowest BCUT2D eigenvalue weighted by Gasteiger charge is -2.07. The van der Waals surface area contributed by atoms with Crippen molar-refractivity contribution in [2.24, 2.45) is 7.05 Å². The molecule has 12 heteroatoms. The maximum atomic E-state index is 13.4. The summed E-state index contributed by atoms with van der Waals surface area (Å²) in [5.41, 5.74) is 1.31. The molecule has 1 aliphatic rings. The zero-order valence-corrected chi connectivity index (χ0v) is 18.9. The van der Waals surface area contributed by atoms with Crippen LogP contribution in [0.1, 0.15) is 29.4 Å². The van der Waals surface area contributed by atoms with E-state index < -0.39 is 21.7 Å². The summed E-state index contributed by atoms with van der Waals surface area (Å²) in [5.74, 6) is -1.06. The molecule has 2 N–H and O–H groups in total. The number of carbonyl (C=O) groups is 1. The van der Waals surface area contributed by atoms with Gasteiger partial charge >= 0.3 is 0 Å². The van der Waals surface area contributed by atoms with Crippen LogP contribution in [0.5, 0.6) is 0 Å². The molecule has 9 nitrogen and oxygen atoms in total. The van der Waals surface area contributed by atoms with E-state index >= 15 is 0 Å². The quantitative estimate of drug-likeness (QED) is 0.427. The first-order chi connectivity index (χ1) is 15.7. The number of benzene rings is 2. The Morgan fingerprint density at radius 3 is 2.67 bits per heavy atom. The van der Waals surface area contributed by atoms with Crippen molar-refractivity contribution in [3.05, 3.63) is 65.3 Å². The fraction of sp³-hybridized carbons (Fsp3) is 0.190. The van der Waals surface area contributed by atoms with Crippen molar-refractivity contribution in [1.29, 1.82) is 0 Å². The van der Waals surface area contributed by atoms with Gasteiger partial charge in [-0.2, -0.15) is 10.2 Å². The molecule has 1 aliphatic carbocycles. The molecule has 1 fully saturated rings. The molecular formula is C21H18ClFN6O3S. The predicted molar refractivity (Wildman–Crippen MR) is 121 cm³/mol. The number of halogens is 2. The lowest BCUT2D eigenvalue weighted by atomic mass is 10.2. The first kappa shape index (κ1) is 21.4. The summed E-state index contributed by atoms with van der Waals surface area (Å²) in [4.78, 5) is 12.9. The molecule has 0 spiro atoms. The van der Waals surface area contributed by atoms with Crippen LogP contribution in [0.25, 0.3) is 10.9 Å². The van der Waals surface area contributed by atoms with Gasteiger partial charge in [0, 0.05) is 24.3 Å². The lowest BCUT2D eigenvalue weighted by Crippen LogP contribution is -2.16. The van der Waals surface area contributed by atoms with Crippen molar-refractivity contribution in [2.75, 3.05) is 10.0 Å². The van der Waals surface area contributed by atoms with E-state index in [2.05, 4.69) is 20.2 Å². The highest BCUT2D eigenvalue weighted by Crippen LogP contribution is 2.34. The summed E-state index contributed by atoms with van der Waals surface area (Å²) in [5, 5.41) is 11.5. The number of aryl methyl sites for hydroxylation is 1. The summed E-state index contributed by atoms with van der Waals surface area (Å²) in [7, 11) is -2.23. The number of rotatable bonds is 6. The lowest BCUT2D eigenvalue weighted by molar-refractivity contribution is 0.101. The smallest absolute Gasteiger partial charge is 0.274 e. The molecule has 2 aromatic heterocycles. The van der Waals surface area contributed by atoms with Crippen molar-refractivity contribution < 1.29 is 17.6 Å². The molecule has 2 aromatic carbocycles. The highest BCUT2D eigenvalue weighted by molar-refractivity contribution is 7.92. The van der Waals surface area contributed by atoms with Crippen LogP contribution < -0.4 is 10.0 Å². The van der Waals surface area contributed by atoms with Gasteiger partial charge in [-0.25, -0.2) is 12.8 Å². The van der Waals surface area contributed by atoms with E-state index in [1.54, 1.807) is 29.9 Å². The normalized spacial score (nSPS) is 13.9. The Morgan fingerprint density at radius 2 is 1.94 bits per heavy atom. The van der Waals surface area contributed by atoms with Crippen molar-refractivity contribution in [3.8, 4) is 0 Å². The topological polar surface area (TPSA) is 111 Å². The van der Waals surface area contributed by atoms with E-state index in [0.717, 1.165) is 18.9 Å². The van der Waals surface area contributed by atoms with E-state index in [1.807, 2.05) is 0 Å². The molecule has 0 radical (unpaired) electrons. The summed E-state index contributed by atoms with van der Waals surface area (Å²) in [6.07, 6.45) is 4.83. The molecule has 0 atom stereocenters. The largest absolute Gasteiger partial charge is 0.321 e. The second-order valence-corrected chi connectivity index (χ2v) is 9.87. The highest BCUT2D eigenvalue weighted by Gasteiger charge is 2.27. The standard InChI is InChI=1S/C21H18ClFN6O3S/c1-28-20(21(30)25-12-3-7-18(23)17(22)8-12)16-6-2-13(9-19(16)26-28)27-33(31,32)15-10-24-29(11-15)14-4-5-14/h2-3,6-11,14,27H,4-5H2,1H3,(H,25,30). The van der Waals surface area contributed by atoms with Crippen LogP contribution in [0.3, 0.4) is 0 Å². The van der Waals surface area contributed by atoms with Gasteiger partial charge in [-0.15, -0.1) is 0 Å². The van der Waals surface area contributed by atoms with Gasteiger partial charge in [0.2, 0.25) is 0 Å². The molecular weight excluding hydrogens is 471 g/mol. The van der Waals surface area contributed by atoms with Crippen LogP contribution in [0, 0.1) is 5.82 Å². The molecule has 170 valence electrons. The summed E-state index contributed by atoms with van der Waals surface area (Å²) >= 11 is 5.78. The molecule has 0 unspecified atom stereocenters. The number of amides is 1. The van der Waals surface area contributed by atoms with Gasteiger partial charge in [0.25, 0.3) is 15.9 Å². The van der Waals surface area contributed by atoms with Gasteiger partial charge in [0.05, 0.1) is 28.5 Å². The Labute approximate surface area is 193 Å². The molecule has 0 aliphatic heterocycles. The molecule has 1 saturated carbocycles. The zero-order chi connectivity index (χ0) is 23.3. The Hall–Kier alpha value is -3.44. The third-order valence-corrected chi connectivity index (χ3v) is 6.91. The zero-order valence-electron chi connectivity index (χ0n) is 17.3. The minimum Gasteiger partial charge on any atom is -0.321 e. The fourth-order valence-corrected chi connectivity index (χ4v) is 4.68. The minimum absolute atomic E-state index is 0.0774. The van der Waals surface area contributed by atoms with Gasteiger partial charge < -0.3 is 5.32 Å².